The largest absolute Gasteiger partial charge is 0.505 e. The SMILES string of the molecule is C=C(O)C(F)(F)F.O=C1NCCc2[nH]c(-c3ccnc(-c4cnc5ccccc5c4)c3)c(I)c21. The number of aliphatic hydroxyl groups excluding tert-OH is 1. The van der Waals surface area contributed by atoms with Gasteiger partial charge < -0.3 is 15.4 Å². The van der Waals surface area contributed by atoms with Crippen LogP contribution in [-0.4, -0.2) is 38.7 Å². The Labute approximate surface area is 206 Å². The minimum Gasteiger partial charge on any atom is -0.505 e. The maximum absolute atomic E-state index is 12.2. The number of hydrogen-bond acceptors (Lipinski definition) is 4. The second-order valence-corrected chi connectivity index (χ2v) is 8.54. The van der Waals surface area contributed by atoms with E-state index in [1.807, 2.05) is 36.5 Å². The molecule has 0 unspecified atom stereocenters. The fourth-order valence-corrected chi connectivity index (χ4v) is 4.51. The van der Waals surface area contributed by atoms with Gasteiger partial charge in [0.05, 0.1) is 26.0 Å². The maximum Gasteiger partial charge on any atom is 0.448 e. The lowest BCUT2D eigenvalue weighted by Gasteiger charge is -2.11. The molecule has 4 heterocycles. The highest BCUT2D eigenvalue weighted by molar-refractivity contribution is 14.1. The average Bonchev–Trinajstić information content (AvgIpc) is 3.16. The summed E-state index contributed by atoms with van der Waals surface area (Å²) in [5, 5.41) is 11.6. The molecule has 0 aliphatic carbocycles. The summed E-state index contributed by atoms with van der Waals surface area (Å²) in [6.45, 7) is 2.93. The highest BCUT2D eigenvalue weighted by Crippen LogP contribution is 2.33. The third-order valence-corrected chi connectivity index (χ3v) is 6.25. The van der Waals surface area contributed by atoms with Crippen LogP contribution in [0.15, 0.2) is 67.2 Å². The summed E-state index contributed by atoms with van der Waals surface area (Å²) in [6.07, 6.45) is -0.161. The van der Waals surface area contributed by atoms with Gasteiger partial charge in [0.25, 0.3) is 5.91 Å². The third-order valence-electron chi connectivity index (χ3n) is 5.17. The minimum atomic E-state index is -4.64. The van der Waals surface area contributed by atoms with E-state index in [9.17, 15) is 18.0 Å². The number of rotatable bonds is 2. The van der Waals surface area contributed by atoms with Crippen molar-refractivity contribution in [3.63, 3.8) is 0 Å². The Morgan fingerprint density at radius 1 is 1.12 bits per heavy atom. The van der Waals surface area contributed by atoms with Crippen molar-refractivity contribution in [2.75, 3.05) is 6.54 Å². The number of nitrogens with zero attached hydrogens (tertiary/aromatic N) is 2. The topological polar surface area (TPSA) is 90.9 Å². The Kier molecular flexibility index (Phi) is 6.60. The van der Waals surface area contributed by atoms with Crippen molar-refractivity contribution >= 4 is 39.4 Å². The molecule has 1 aromatic carbocycles. The van der Waals surface area contributed by atoms with E-state index in [0.29, 0.717) is 6.54 Å². The summed E-state index contributed by atoms with van der Waals surface area (Å²) < 4.78 is 33.4. The van der Waals surface area contributed by atoms with Gasteiger partial charge in [-0.1, -0.05) is 24.8 Å². The first kappa shape index (κ1) is 23.7. The molecule has 174 valence electrons. The van der Waals surface area contributed by atoms with Gasteiger partial charge in [-0.15, -0.1) is 0 Å². The van der Waals surface area contributed by atoms with Crippen LogP contribution in [0.25, 0.3) is 33.4 Å². The van der Waals surface area contributed by atoms with Crippen molar-refractivity contribution in [1.82, 2.24) is 20.3 Å². The van der Waals surface area contributed by atoms with Gasteiger partial charge in [-0.2, -0.15) is 13.2 Å². The van der Waals surface area contributed by atoms with Crippen LogP contribution >= 0.6 is 22.6 Å². The van der Waals surface area contributed by atoms with Gasteiger partial charge >= 0.3 is 6.18 Å². The zero-order valence-electron chi connectivity index (χ0n) is 17.6. The van der Waals surface area contributed by atoms with E-state index in [2.05, 4.69) is 61.6 Å². The number of aromatic amines is 1. The average molecular weight is 578 g/mol. The molecule has 0 saturated carbocycles. The zero-order valence-corrected chi connectivity index (χ0v) is 19.7. The standard InChI is InChI=1S/C21H15IN4O.C3H3F3O/c22-19-18-16(6-8-24-21(18)27)26-20(19)13-5-7-23-17(10-13)14-9-12-3-1-2-4-15(12)25-11-14;1-2(7)3(4,5)6/h1-5,7,9-11,26H,6,8H2,(H,24,27);7H,1H2. The number of fused-ring (bicyclic) bond motifs is 2. The predicted octanol–water partition coefficient (Wildman–Crippen LogP) is 5.80. The first-order valence-corrected chi connectivity index (χ1v) is 11.2. The molecule has 0 saturated heterocycles. The molecule has 0 radical (unpaired) electrons. The van der Waals surface area contributed by atoms with Crippen molar-refractivity contribution in [1.29, 1.82) is 0 Å². The number of H-pyrrole nitrogens is 1. The Hall–Kier alpha value is -3.41. The van der Waals surface area contributed by atoms with Gasteiger partial charge in [-0.25, -0.2) is 0 Å². The van der Waals surface area contributed by atoms with Crippen LogP contribution in [0.4, 0.5) is 13.2 Å². The van der Waals surface area contributed by atoms with Crippen molar-refractivity contribution in [3.05, 3.63) is 82.0 Å². The molecule has 3 aromatic heterocycles. The summed E-state index contributed by atoms with van der Waals surface area (Å²) in [5.41, 5.74) is 6.55. The number of amides is 1. The first-order chi connectivity index (χ1) is 16.1. The fourth-order valence-electron chi connectivity index (χ4n) is 3.49. The molecule has 4 aromatic rings. The van der Waals surface area contributed by atoms with Gasteiger partial charge in [-0.3, -0.25) is 14.8 Å². The molecule has 5 rings (SSSR count). The number of aromatic nitrogens is 3. The Balaban J connectivity index is 0.000000344. The van der Waals surface area contributed by atoms with Crippen molar-refractivity contribution in [2.24, 2.45) is 0 Å². The van der Waals surface area contributed by atoms with Crippen molar-refractivity contribution < 1.29 is 23.1 Å². The molecule has 10 heteroatoms. The minimum absolute atomic E-state index is 0.00356. The van der Waals surface area contributed by atoms with Crippen molar-refractivity contribution in [3.8, 4) is 22.5 Å². The number of benzene rings is 1. The number of aliphatic hydroxyl groups is 1. The van der Waals surface area contributed by atoms with Gasteiger partial charge in [0.1, 0.15) is 0 Å². The van der Waals surface area contributed by atoms with Crippen LogP contribution in [0.2, 0.25) is 0 Å². The molecular formula is C24H18F3IN4O2. The highest BCUT2D eigenvalue weighted by Gasteiger charge is 2.31. The maximum atomic E-state index is 12.2. The molecule has 34 heavy (non-hydrogen) atoms. The number of carbonyl (C=O) groups excluding carboxylic acids is 1. The zero-order chi connectivity index (χ0) is 24.5. The van der Waals surface area contributed by atoms with E-state index < -0.39 is 11.9 Å². The molecule has 3 N–H and O–H groups in total. The van der Waals surface area contributed by atoms with Crippen LogP contribution in [0.5, 0.6) is 0 Å². The summed E-state index contributed by atoms with van der Waals surface area (Å²) in [6, 6.07) is 14.2. The molecule has 1 amide bonds. The Morgan fingerprint density at radius 2 is 1.85 bits per heavy atom. The van der Waals surface area contributed by atoms with Crippen LogP contribution in [0.1, 0.15) is 16.1 Å². The quantitative estimate of drug-likeness (QED) is 0.207. The Bertz CT molecular complexity index is 1400. The summed E-state index contributed by atoms with van der Waals surface area (Å²) in [5.74, 6) is -1.76. The van der Waals surface area contributed by atoms with Gasteiger partial charge in [-0.05, 0) is 46.9 Å². The predicted molar refractivity (Wildman–Crippen MR) is 131 cm³/mol. The van der Waals surface area contributed by atoms with Crippen LogP contribution < -0.4 is 5.32 Å². The monoisotopic (exact) mass is 578 g/mol. The van der Waals surface area contributed by atoms with Gasteiger partial charge in [0, 0.05) is 47.6 Å². The van der Waals surface area contributed by atoms with E-state index in [1.165, 1.54) is 0 Å². The van der Waals surface area contributed by atoms with Gasteiger partial charge in [0.15, 0.2) is 5.76 Å². The van der Waals surface area contributed by atoms with Crippen molar-refractivity contribution in [2.45, 2.75) is 12.6 Å². The number of allylic oxidation sites excluding steroid dienone is 1. The molecule has 0 spiro atoms. The second kappa shape index (κ2) is 9.45. The molecule has 0 fully saturated rings. The highest BCUT2D eigenvalue weighted by atomic mass is 127. The molecule has 0 bridgehead atoms. The van der Waals surface area contributed by atoms with E-state index in [-0.39, 0.29) is 5.91 Å². The van der Waals surface area contributed by atoms with Crippen LogP contribution in [0, 0.1) is 3.57 Å². The lowest BCUT2D eigenvalue weighted by atomic mass is 10.1. The van der Waals surface area contributed by atoms with Crippen LogP contribution in [-0.2, 0) is 6.42 Å². The number of alkyl halides is 3. The normalized spacial score (nSPS) is 13.0. The molecule has 6 nitrogen and oxygen atoms in total. The number of pyridine rings is 2. The Morgan fingerprint density at radius 3 is 2.56 bits per heavy atom. The molecule has 0 atom stereocenters. The van der Waals surface area contributed by atoms with E-state index in [1.54, 1.807) is 6.20 Å². The third kappa shape index (κ3) is 4.91. The number of halogens is 4. The van der Waals surface area contributed by atoms with E-state index in [4.69, 9.17) is 5.11 Å². The lowest BCUT2D eigenvalue weighted by Crippen LogP contribution is -2.31. The fraction of sp³-hybridized carbons (Fsp3) is 0.125. The number of hydrogen-bond donors (Lipinski definition) is 3. The van der Waals surface area contributed by atoms with E-state index in [0.717, 1.165) is 54.7 Å². The molecule has 1 aliphatic rings. The number of para-hydroxylation sites is 1. The number of nitrogens with one attached hydrogen (secondary N) is 2. The summed E-state index contributed by atoms with van der Waals surface area (Å²) >= 11 is 2.25. The molecule has 1 aliphatic heterocycles. The smallest absolute Gasteiger partial charge is 0.448 e. The molecular weight excluding hydrogens is 560 g/mol. The van der Waals surface area contributed by atoms with Gasteiger partial charge in [0.2, 0.25) is 0 Å². The van der Waals surface area contributed by atoms with E-state index >= 15 is 0 Å². The lowest BCUT2D eigenvalue weighted by molar-refractivity contribution is -0.119. The summed E-state index contributed by atoms with van der Waals surface area (Å²) in [4.78, 5) is 24.7. The second-order valence-electron chi connectivity index (χ2n) is 7.46. The number of carbonyl (C=O) groups is 1. The first-order valence-electron chi connectivity index (χ1n) is 10.1. The summed E-state index contributed by atoms with van der Waals surface area (Å²) in [7, 11) is 0. The van der Waals surface area contributed by atoms with Crippen LogP contribution in [0.3, 0.4) is 0 Å².